The van der Waals surface area contributed by atoms with Crippen LogP contribution in [0.1, 0.15) is 17.6 Å². The summed E-state index contributed by atoms with van der Waals surface area (Å²) in [4.78, 5) is 13.6. The number of hydrogen-bond donors (Lipinski definition) is 1. The van der Waals surface area contributed by atoms with Gasteiger partial charge in [0.25, 0.3) is 6.43 Å². The number of rotatable bonds is 3. The van der Waals surface area contributed by atoms with Crippen molar-refractivity contribution < 1.29 is 23.1 Å². The third kappa shape index (κ3) is 2.59. The van der Waals surface area contributed by atoms with Gasteiger partial charge in [-0.2, -0.15) is 0 Å². The lowest BCUT2D eigenvalue weighted by molar-refractivity contribution is -0.136. The molecule has 0 aromatic carbocycles. The van der Waals surface area contributed by atoms with Crippen LogP contribution in [0.5, 0.6) is 0 Å². The molecule has 1 N–H and O–H groups in total. The van der Waals surface area contributed by atoms with E-state index < -0.39 is 40.9 Å². The smallest absolute Gasteiger partial charge is 0.308 e. The zero-order chi connectivity index (χ0) is 11.6. The predicted molar refractivity (Wildman–Crippen MR) is 45.5 cm³/mol. The molecule has 0 amide bonds. The molecule has 0 aliphatic rings. The van der Waals surface area contributed by atoms with Gasteiger partial charge in [0.15, 0.2) is 0 Å². The van der Waals surface area contributed by atoms with Crippen LogP contribution in [0.3, 0.4) is 0 Å². The Hall–Kier alpha value is -1.30. The highest BCUT2D eigenvalue weighted by atomic mass is 35.5. The molecule has 0 radical (unpaired) electrons. The summed E-state index contributed by atoms with van der Waals surface area (Å²) in [6, 6.07) is 0. The molecule has 7 heteroatoms. The van der Waals surface area contributed by atoms with Crippen LogP contribution in [0.4, 0.5) is 13.2 Å². The van der Waals surface area contributed by atoms with Crippen LogP contribution < -0.4 is 0 Å². The largest absolute Gasteiger partial charge is 0.481 e. The fourth-order valence-corrected chi connectivity index (χ4v) is 1.18. The molecule has 0 bridgehead atoms. The number of carboxylic acids is 1. The van der Waals surface area contributed by atoms with E-state index >= 15 is 0 Å². The van der Waals surface area contributed by atoms with Crippen LogP contribution in [-0.4, -0.2) is 16.1 Å². The van der Waals surface area contributed by atoms with Gasteiger partial charge in [-0.05, 0) is 0 Å². The average molecular weight is 240 g/mol. The molecule has 15 heavy (non-hydrogen) atoms. The Morgan fingerprint density at radius 1 is 1.60 bits per heavy atom. The third-order valence-electron chi connectivity index (χ3n) is 1.65. The van der Waals surface area contributed by atoms with Gasteiger partial charge < -0.3 is 5.11 Å². The van der Waals surface area contributed by atoms with Crippen molar-refractivity contribution in [2.75, 3.05) is 0 Å². The molecule has 0 spiro atoms. The third-order valence-corrected chi connectivity index (χ3v) is 1.97. The summed E-state index contributed by atoms with van der Waals surface area (Å²) < 4.78 is 37.7. The lowest BCUT2D eigenvalue weighted by atomic mass is 10.1. The highest BCUT2D eigenvalue weighted by Gasteiger charge is 2.21. The monoisotopic (exact) mass is 239 g/mol. The number of carboxylic acid groups (broad SMARTS) is 1. The van der Waals surface area contributed by atoms with Gasteiger partial charge in [0, 0.05) is 11.8 Å². The van der Waals surface area contributed by atoms with Gasteiger partial charge in [-0.15, -0.1) is 0 Å². The highest BCUT2D eigenvalue weighted by Crippen LogP contribution is 2.27. The van der Waals surface area contributed by atoms with E-state index in [0.717, 1.165) is 0 Å². The lowest BCUT2D eigenvalue weighted by Crippen LogP contribution is -2.07. The Labute approximate surface area is 87.5 Å². The molecule has 0 unspecified atom stereocenters. The number of carbonyl (C=O) groups is 1. The maximum absolute atomic E-state index is 13.3. The normalized spacial score (nSPS) is 10.7. The summed E-state index contributed by atoms with van der Waals surface area (Å²) in [6.07, 6.45) is -3.24. The molecular weight excluding hydrogens is 235 g/mol. The Kier molecular flexibility index (Phi) is 3.52. The van der Waals surface area contributed by atoms with E-state index in [1.165, 1.54) is 0 Å². The summed E-state index contributed by atoms with van der Waals surface area (Å²) in [6.45, 7) is 0. The van der Waals surface area contributed by atoms with Gasteiger partial charge in [-0.1, -0.05) is 11.6 Å². The van der Waals surface area contributed by atoms with Gasteiger partial charge in [0.05, 0.1) is 12.0 Å². The molecule has 1 rings (SSSR count). The van der Waals surface area contributed by atoms with E-state index in [1.807, 2.05) is 0 Å². The van der Waals surface area contributed by atoms with Crippen molar-refractivity contribution in [3.8, 4) is 0 Å². The summed E-state index contributed by atoms with van der Waals surface area (Å²) in [5, 5.41) is 7.99. The molecule has 3 nitrogen and oxygen atoms in total. The van der Waals surface area contributed by atoms with Crippen LogP contribution in [0.15, 0.2) is 6.20 Å². The summed E-state index contributed by atoms with van der Waals surface area (Å²) in [7, 11) is 0. The van der Waals surface area contributed by atoms with E-state index in [0.29, 0.717) is 6.20 Å². The number of nitrogens with zero attached hydrogens (tertiary/aromatic N) is 1. The minimum absolute atomic E-state index is 0.417. The first kappa shape index (κ1) is 11.8. The van der Waals surface area contributed by atoms with Crippen molar-refractivity contribution in [3.63, 3.8) is 0 Å². The van der Waals surface area contributed by atoms with Crippen molar-refractivity contribution in [3.05, 3.63) is 28.3 Å². The van der Waals surface area contributed by atoms with E-state index in [2.05, 4.69) is 4.98 Å². The molecule has 0 saturated carbocycles. The molecule has 0 aliphatic carbocycles. The minimum Gasteiger partial charge on any atom is -0.481 e. The van der Waals surface area contributed by atoms with Crippen LogP contribution in [0, 0.1) is 5.82 Å². The zero-order valence-electron chi connectivity index (χ0n) is 7.18. The topological polar surface area (TPSA) is 50.2 Å². The van der Waals surface area contributed by atoms with Gasteiger partial charge in [-0.25, -0.2) is 18.2 Å². The van der Waals surface area contributed by atoms with Gasteiger partial charge in [-0.3, -0.25) is 4.79 Å². The number of halogens is 4. The first-order chi connectivity index (χ1) is 6.93. The molecule has 0 saturated heterocycles. The van der Waals surface area contributed by atoms with Crippen molar-refractivity contribution in [1.82, 2.24) is 4.98 Å². The molecular formula is C8H5ClF3NO2. The van der Waals surface area contributed by atoms with Gasteiger partial charge in [0.1, 0.15) is 11.0 Å². The predicted octanol–water partition coefficient (Wildman–Crippen LogP) is 2.44. The van der Waals surface area contributed by atoms with Gasteiger partial charge >= 0.3 is 5.97 Å². The first-order valence-corrected chi connectivity index (χ1v) is 4.14. The Balaban J connectivity index is 3.23. The van der Waals surface area contributed by atoms with E-state index in [9.17, 15) is 18.0 Å². The fourth-order valence-electron chi connectivity index (χ4n) is 0.979. The molecule has 0 aliphatic heterocycles. The second-order valence-corrected chi connectivity index (χ2v) is 3.03. The second-order valence-electron chi connectivity index (χ2n) is 2.67. The summed E-state index contributed by atoms with van der Waals surface area (Å²) >= 11 is 5.39. The maximum Gasteiger partial charge on any atom is 0.308 e. The molecule has 1 heterocycles. The average Bonchev–Trinajstić information content (AvgIpc) is 2.11. The van der Waals surface area contributed by atoms with E-state index in [1.54, 1.807) is 0 Å². The van der Waals surface area contributed by atoms with Crippen LogP contribution >= 0.6 is 11.6 Å². The molecule has 0 atom stereocenters. The first-order valence-electron chi connectivity index (χ1n) is 3.76. The lowest BCUT2D eigenvalue weighted by Gasteiger charge is -2.06. The standard InChI is InChI=1S/C8H5ClF3NO2/c9-7-3(1-5(14)15)6(10)4(2-13-7)8(11)12/h2,8H,1H2,(H,14,15). The molecule has 82 valence electrons. The molecule has 1 aromatic heterocycles. The van der Waals surface area contributed by atoms with Crippen LogP contribution in [-0.2, 0) is 11.2 Å². The molecule has 1 aromatic rings. The van der Waals surface area contributed by atoms with Crippen molar-refractivity contribution in [1.29, 1.82) is 0 Å². The number of aliphatic carboxylic acids is 1. The second kappa shape index (κ2) is 4.48. The number of hydrogen-bond acceptors (Lipinski definition) is 2. The van der Waals surface area contributed by atoms with E-state index in [4.69, 9.17) is 16.7 Å². The highest BCUT2D eigenvalue weighted by molar-refractivity contribution is 6.30. The number of pyridine rings is 1. The Bertz CT molecular complexity index is 398. The maximum atomic E-state index is 13.3. The van der Waals surface area contributed by atoms with Crippen LogP contribution in [0.2, 0.25) is 5.15 Å². The Morgan fingerprint density at radius 3 is 2.67 bits per heavy atom. The van der Waals surface area contributed by atoms with Crippen molar-refractivity contribution in [2.24, 2.45) is 0 Å². The zero-order valence-corrected chi connectivity index (χ0v) is 7.93. The minimum atomic E-state index is -3.05. The van der Waals surface area contributed by atoms with Gasteiger partial charge in [0.2, 0.25) is 0 Å². The van der Waals surface area contributed by atoms with E-state index in [-0.39, 0.29) is 0 Å². The quantitative estimate of drug-likeness (QED) is 0.824. The number of aromatic nitrogens is 1. The summed E-state index contributed by atoms with van der Waals surface area (Å²) in [5.41, 5.74) is -1.47. The summed E-state index contributed by atoms with van der Waals surface area (Å²) in [5.74, 6) is -2.68. The van der Waals surface area contributed by atoms with Crippen molar-refractivity contribution >= 4 is 17.6 Å². The SMILES string of the molecule is O=C(O)Cc1c(Cl)ncc(C(F)F)c1F. The van der Waals surface area contributed by atoms with Crippen LogP contribution in [0.25, 0.3) is 0 Å². The van der Waals surface area contributed by atoms with Crippen molar-refractivity contribution in [2.45, 2.75) is 12.8 Å². The fraction of sp³-hybridized carbons (Fsp3) is 0.250. The number of alkyl halides is 2. The Morgan fingerprint density at radius 2 is 2.20 bits per heavy atom. The molecule has 0 fully saturated rings.